The van der Waals surface area contributed by atoms with Gasteiger partial charge in [-0.3, -0.25) is 14.9 Å². The zero-order valence-electron chi connectivity index (χ0n) is 12.3. The van der Waals surface area contributed by atoms with Gasteiger partial charge in [-0.15, -0.1) is 5.11 Å². The van der Waals surface area contributed by atoms with Gasteiger partial charge in [0.2, 0.25) is 5.70 Å². The van der Waals surface area contributed by atoms with E-state index in [-0.39, 0.29) is 11.4 Å². The molecule has 0 atom stereocenters. The lowest BCUT2D eigenvalue weighted by Gasteiger charge is -2.03. The summed E-state index contributed by atoms with van der Waals surface area (Å²) in [5, 5.41) is 27.5. The minimum atomic E-state index is -1.00. The lowest BCUT2D eigenvalue weighted by atomic mass is 10.3. The molecule has 0 radical (unpaired) electrons. The Labute approximate surface area is 130 Å². The molecule has 0 saturated carbocycles. The van der Waals surface area contributed by atoms with E-state index in [1.807, 2.05) is 0 Å². The highest BCUT2D eigenvalue weighted by atomic mass is 16.6. The lowest BCUT2D eigenvalue weighted by Crippen LogP contribution is -2.09. The molecule has 10 heteroatoms. The van der Waals surface area contributed by atoms with Gasteiger partial charge in [-0.25, -0.2) is 4.79 Å². The molecule has 0 aliphatic carbocycles. The van der Waals surface area contributed by atoms with Crippen LogP contribution in [0.5, 0.6) is 0 Å². The number of non-ortho nitro benzene ring substituents is 1. The molecule has 1 aromatic rings. The van der Waals surface area contributed by atoms with Crippen LogP contribution in [-0.4, -0.2) is 36.2 Å². The Morgan fingerprint density at radius 3 is 2.30 bits per heavy atom. The third kappa shape index (κ3) is 5.19. The first-order valence-corrected chi connectivity index (χ1v) is 6.12. The van der Waals surface area contributed by atoms with Gasteiger partial charge in [0.05, 0.1) is 24.8 Å². The molecular formula is C13H13N3O7. The molecule has 0 aliphatic heterocycles. The van der Waals surface area contributed by atoms with Gasteiger partial charge in [-0.05, 0) is 12.1 Å². The number of hydrogen-bond donors (Lipinski definition) is 1. The first kappa shape index (κ1) is 17.8. The van der Waals surface area contributed by atoms with Crippen LogP contribution in [0.4, 0.5) is 11.4 Å². The Bertz CT molecular complexity index is 665. The summed E-state index contributed by atoms with van der Waals surface area (Å²) in [6.45, 7) is 0. The van der Waals surface area contributed by atoms with Gasteiger partial charge < -0.3 is 14.6 Å². The summed E-state index contributed by atoms with van der Waals surface area (Å²) in [6.07, 6.45) is -0.583. The van der Waals surface area contributed by atoms with E-state index in [1.54, 1.807) is 0 Å². The highest BCUT2D eigenvalue weighted by Gasteiger charge is 2.18. The first-order valence-electron chi connectivity index (χ1n) is 6.12. The molecule has 1 N–H and O–H groups in total. The van der Waals surface area contributed by atoms with Crippen molar-refractivity contribution in [2.75, 3.05) is 14.2 Å². The average Bonchev–Trinajstić information content (AvgIpc) is 2.54. The summed E-state index contributed by atoms with van der Waals surface area (Å²) in [5.74, 6) is -2.46. The zero-order valence-corrected chi connectivity index (χ0v) is 12.3. The number of hydrogen-bond acceptors (Lipinski definition) is 9. The number of ether oxygens (including phenoxy) is 2. The van der Waals surface area contributed by atoms with Crippen molar-refractivity contribution < 1.29 is 29.1 Å². The number of rotatable bonds is 6. The van der Waals surface area contributed by atoms with E-state index in [0.29, 0.717) is 0 Å². The van der Waals surface area contributed by atoms with Crippen molar-refractivity contribution in [2.24, 2.45) is 10.2 Å². The molecule has 1 aromatic carbocycles. The Kier molecular flexibility index (Phi) is 6.34. The molecule has 0 spiro atoms. The Balaban J connectivity index is 3.05. The third-order valence-electron chi connectivity index (χ3n) is 2.52. The number of methoxy groups -OCH3 is 2. The normalized spacial score (nSPS) is 11.7. The van der Waals surface area contributed by atoms with Gasteiger partial charge in [0, 0.05) is 12.1 Å². The van der Waals surface area contributed by atoms with Crippen molar-refractivity contribution in [1.29, 1.82) is 0 Å². The first-order chi connectivity index (χ1) is 10.9. The number of benzene rings is 1. The molecule has 122 valence electrons. The maximum Gasteiger partial charge on any atom is 0.362 e. The van der Waals surface area contributed by atoms with Gasteiger partial charge in [0.1, 0.15) is 12.2 Å². The lowest BCUT2D eigenvalue weighted by molar-refractivity contribution is -0.384. The molecule has 0 fully saturated rings. The number of carbonyl (C=O) groups excluding carboxylic acids is 2. The quantitative estimate of drug-likeness (QED) is 0.211. The molecule has 0 amide bonds. The molecule has 0 heterocycles. The average molecular weight is 323 g/mol. The van der Waals surface area contributed by atoms with Gasteiger partial charge in [-0.2, -0.15) is 5.11 Å². The molecule has 0 saturated heterocycles. The SMILES string of the molecule is COC(=O)CC(O)=C(N=Nc1ccc([N+](=O)[O-])cc1)C(=O)OC. The van der Waals surface area contributed by atoms with Crippen LogP contribution < -0.4 is 0 Å². The minimum absolute atomic E-state index is 0.138. The maximum absolute atomic E-state index is 11.6. The van der Waals surface area contributed by atoms with E-state index in [1.165, 1.54) is 24.3 Å². The number of esters is 2. The highest BCUT2D eigenvalue weighted by Crippen LogP contribution is 2.20. The number of aliphatic hydroxyl groups excluding tert-OH is 1. The van der Waals surface area contributed by atoms with Crippen LogP contribution in [0.25, 0.3) is 0 Å². The summed E-state index contributed by atoms with van der Waals surface area (Å²) >= 11 is 0. The molecule has 0 aliphatic rings. The van der Waals surface area contributed by atoms with Crippen LogP contribution in [0.1, 0.15) is 6.42 Å². The predicted octanol–water partition coefficient (Wildman–Crippen LogP) is 2.18. The Morgan fingerprint density at radius 2 is 1.83 bits per heavy atom. The second-order valence-electron chi connectivity index (χ2n) is 4.01. The Hall–Kier alpha value is -3.30. The number of aliphatic hydroxyl groups is 1. The van der Waals surface area contributed by atoms with Gasteiger partial charge in [-0.1, -0.05) is 0 Å². The van der Waals surface area contributed by atoms with E-state index < -0.39 is 34.7 Å². The van der Waals surface area contributed by atoms with Crippen LogP contribution in [-0.2, 0) is 19.1 Å². The van der Waals surface area contributed by atoms with Gasteiger partial charge in [0.25, 0.3) is 5.69 Å². The number of nitro benzene ring substituents is 1. The highest BCUT2D eigenvalue weighted by molar-refractivity contribution is 5.89. The van der Waals surface area contributed by atoms with E-state index in [0.717, 1.165) is 14.2 Å². The van der Waals surface area contributed by atoms with Crippen molar-refractivity contribution in [3.05, 3.63) is 45.8 Å². The van der Waals surface area contributed by atoms with E-state index in [9.17, 15) is 24.8 Å². The number of carbonyl (C=O) groups is 2. The van der Waals surface area contributed by atoms with Gasteiger partial charge >= 0.3 is 11.9 Å². The fourth-order valence-corrected chi connectivity index (χ4v) is 1.35. The van der Waals surface area contributed by atoms with Crippen LogP contribution >= 0.6 is 0 Å². The smallest absolute Gasteiger partial charge is 0.362 e. The van der Waals surface area contributed by atoms with Crippen LogP contribution in [0.2, 0.25) is 0 Å². The van der Waals surface area contributed by atoms with E-state index in [2.05, 4.69) is 19.7 Å². The monoisotopic (exact) mass is 323 g/mol. The third-order valence-corrected chi connectivity index (χ3v) is 2.52. The summed E-state index contributed by atoms with van der Waals surface area (Å²) < 4.78 is 8.80. The summed E-state index contributed by atoms with van der Waals surface area (Å²) in [7, 11) is 2.18. The molecule has 0 aromatic heterocycles. The molecule has 23 heavy (non-hydrogen) atoms. The van der Waals surface area contributed by atoms with Crippen molar-refractivity contribution >= 4 is 23.3 Å². The van der Waals surface area contributed by atoms with Crippen molar-refractivity contribution in [3.8, 4) is 0 Å². The molecule has 0 unspecified atom stereocenters. The van der Waals surface area contributed by atoms with Crippen LogP contribution in [0.15, 0.2) is 46.0 Å². The minimum Gasteiger partial charge on any atom is -0.509 e. The second kappa shape index (κ2) is 8.22. The number of nitro groups is 1. The van der Waals surface area contributed by atoms with Crippen molar-refractivity contribution in [1.82, 2.24) is 0 Å². The largest absolute Gasteiger partial charge is 0.509 e. The molecule has 0 bridgehead atoms. The summed E-state index contributed by atoms with van der Waals surface area (Å²) in [5.41, 5.74) is -0.514. The zero-order chi connectivity index (χ0) is 17.4. The topological polar surface area (TPSA) is 141 Å². The predicted molar refractivity (Wildman–Crippen MR) is 75.9 cm³/mol. The molecule has 10 nitrogen and oxygen atoms in total. The fraction of sp³-hybridized carbons (Fsp3) is 0.231. The second-order valence-corrected chi connectivity index (χ2v) is 4.01. The number of azo groups is 1. The number of nitrogens with zero attached hydrogens (tertiary/aromatic N) is 3. The van der Waals surface area contributed by atoms with Crippen molar-refractivity contribution in [2.45, 2.75) is 6.42 Å². The van der Waals surface area contributed by atoms with Gasteiger partial charge in [0.15, 0.2) is 0 Å². The van der Waals surface area contributed by atoms with Crippen LogP contribution in [0.3, 0.4) is 0 Å². The van der Waals surface area contributed by atoms with E-state index >= 15 is 0 Å². The molecule has 1 rings (SSSR count). The van der Waals surface area contributed by atoms with Crippen LogP contribution in [0, 0.1) is 10.1 Å². The Morgan fingerprint density at radius 1 is 1.22 bits per heavy atom. The summed E-state index contributed by atoms with van der Waals surface area (Å²) in [4.78, 5) is 32.6. The maximum atomic E-state index is 11.6. The fourth-order valence-electron chi connectivity index (χ4n) is 1.35. The van der Waals surface area contributed by atoms with Crippen molar-refractivity contribution in [3.63, 3.8) is 0 Å². The summed E-state index contributed by atoms with van der Waals surface area (Å²) in [6, 6.07) is 5.00. The standard InChI is InChI=1S/C13H13N3O7/c1-22-11(18)7-10(17)12(13(19)23-2)15-14-8-3-5-9(6-4-8)16(20)21/h3-6,17H,7H2,1-2H3. The molecular weight excluding hydrogens is 310 g/mol. The van der Waals surface area contributed by atoms with E-state index in [4.69, 9.17) is 0 Å².